The van der Waals surface area contributed by atoms with Gasteiger partial charge >= 0.3 is 12.0 Å². The average Bonchev–Trinajstić information content (AvgIpc) is 2.71. The normalized spacial score (nSPS) is 21.9. The molecule has 2 N–H and O–H groups in total. The van der Waals surface area contributed by atoms with E-state index in [-0.39, 0.29) is 17.6 Å². The van der Waals surface area contributed by atoms with E-state index in [9.17, 15) is 9.59 Å². The SMILES string of the molecule is Cc1ccc(C(=O)O)cc1NC(=O)N1CC(C)CC1C. The predicted molar refractivity (Wildman–Crippen MR) is 77.1 cm³/mol. The summed E-state index contributed by atoms with van der Waals surface area (Å²) in [7, 11) is 0. The first kappa shape index (κ1) is 14.4. The minimum atomic E-state index is -0.997. The van der Waals surface area contributed by atoms with Crippen molar-refractivity contribution in [3.63, 3.8) is 0 Å². The van der Waals surface area contributed by atoms with E-state index in [0.29, 0.717) is 11.6 Å². The van der Waals surface area contributed by atoms with Crippen LogP contribution in [0.2, 0.25) is 0 Å². The first-order valence-corrected chi connectivity index (χ1v) is 6.80. The second kappa shape index (κ2) is 5.53. The summed E-state index contributed by atoms with van der Waals surface area (Å²) >= 11 is 0. The van der Waals surface area contributed by atoms with Crippen LogP contribution in [0.1, 0.15) is 36.2 Å². The molecule has 20 heavy (non-hydrogen) atoms. The number of amides is 2. The molecule has 2 amide bonds. The Hall–Kier alpha value is -2.04. The van der Waals surface area contributed by atoms with E-state index in [1.807, 2.05) is 13.8 Å². The lowest BCUT2D eigenvalue weighted by atomic mass is 10.1. The zero-order chi connectivity index (χ0) is 14.9. The van der Waals surface area contributed by atoms with Gasteiger partial charge in [0.2, 0.25) is 0 Å². The van der Waals surface area contributed by atoms with Crippen molar-refractivity contribution in [2.45, 2.75) is 33.2 Å². The number of carbonyl (C=O) groups excluding carboxylic acids is 1. The number of urea groups is 1. The Kier molecular flexibility index (Phi) is 3.97. The van der Waals surface area contributed by atoms with Crippen LogP contribution in [-0.4, -0.2) is 34.6 Å². The predicted octanol–water partition coefficient (Wildman–Crippen LogP) is 2.96. The molecular weight excluding hydrogens is 256 g/mol. The number of rotatable bonds is 2. The Morgan fingerprint density at radius 1 is 1.35 bits per heavy atom. The Balaban J connectivity index is 2.15. The standard InChI is InChI=1S/C15H20N2O3/c1-9-6-11(3)17(8-9)15(20)16-13-7-12(14(18)19)5-4-10(13)2/h4-5,7,9,11H,6,8H2,1-3H3,(H,16,20)(H,18,19). The highest BCUT2D eigenvalue weighted by Gasteiger charge is 2.30. The first-order chi connectivity index (χ1) is 9.38. The van der Waals surface area contributed by atoms with Gasteiger partial charge in [-0.2, -0.15) is 0 Å². The largest absolute Gasteiger partial charge is 0.478 e. The number of aromatic carboxylic acids is 1. The summed E-state index contributed by atoms with van der Waals surface area (Å²) in [5.41, 5.74) is 1.58. The number of hydrogen-bond acceptors (Lipinski definition) is 2. The van der Waals surface area contributed by atoms with Gasteiger partial charge < -0.3 is 15.3 Å². The zero-order valence-corrected chi connectivity index (χ0v) is 12.0. The molecule has 2 unspecified atom stereocenters. The molecule has 1 saturated heterocycles. The maximum Gasteiger partial charge on any atom is 0.335 e. The molecule has 0 aliphatic carbocycles. The van der Waals surface area contributed by atoms with Gasteiger partial charge in [-0.05, 0) is 43.9 Å². The number of hydrogen-bond donors (Lipinski definition) is 2. The Bertz CT molecular complexity index is 542. The third-order valence-corrected chi connectivity index (χ3v) is 3.77. The number of carboxylic acids is 1. The van der Waals surface area contributed by atoms with E-state index in [2.05, 4.69) is 12.2 Å². The number of likely N-dealkylation sites (tertiary alicyclic amines) is 1. The molecule has 0 aromatic heterocycles. The van der Waals surface area contributed by atoms with Gasteiger partial charge in [0.15, 0.2) is 0 Å². The molecular formula is C15H20N2O3. The molecule has 1 aliphatic heterocycles. The van der Waals surface area contributed by atoms with Gasteiger partial charge in [0, 0.05) is 18.3 Å². The number of nitrogens with zero attached hydrogens (tertiary/aromatic N) is 1. The van der Waals surface area contributed by atoms with E-state index in [1.54, 1.807) is 11.0 Å². The van der Waals surface area contributed by atoms with Crippen molar-refractivity contribution >= 4 is 17.7 Å². The smallest absolute Gasteiger partial charge is 0.335 e. The number of aryl methyl sites for hydroxylation is 1. The molecule has 5 nitrogen and oxygen atoms in total. The van der Waals surface area contributed by atoms with Gasteiger partial charge in [0.1, 0.15) is 0 Å². The molecule has 2 rings (SSSR count). The van der Waals surface area contributed by atoms with Crippen LogP contribution in [0.4, 0.5) is 10.5 Å². The maximum atomic E-state index is 12.3. The van der Waals surface area contributed by atoms with Crippen LogP contribution in [0, 0.1) is 12.8 Å². The van der Waals surface area contributed by atoms with Crippen molar-refractivity contribution in [1.29, 1.82) is 0 Å². The number of benzene rings is 1. The summed E-state index contributed by atoms with van der Waals surface area (Å²) in [5.74, 6) is -0.495. The lowest BCUT2D eigenvalue weighted by molar-refractivity contribution is 0.0697. The molecule has 0 saturated carbocycles. The van der Waals surface area contributed by atoms with Crippen molar-refractivity contribution in [2.24, 2.45) is 5.92 Å². The zero-order valence-electron chi connectivity index (χ0n) is 12.0. The lowest BCUT2D eigenvalue weighted by Crippen LogP contribution is -2.37. The van der Waals surface area contributed by atoms with Crippen molar-refractivity contribution < 1.29 is 14.7 Å². The van der Waals surface area contributed by atoms with E-state index >= 15 is 0 Å². The van der Waals surface area contributed by atoms with Gasteiger partial charge in [0.05, 0.1) is 5.56 Å². The summed E-state index contributed by atoms with van der Waals surface area (Å²) in [4.78, 5) is 25.1. The molecule has 108 valence electrons. The summed E-state index contributed by atoms with van der Waals surface area (Å²) < 4.78 is 0. The fourth-order valence-electron chi connectivity index (χ4n) is 2.66. The third kappa shape index (κ3) is 2.92. The average molecular weight is 276 g/mol. The van der Waals surface area contributed by atoms with Crippen LogP contribution in [0.3, 0.4) is 0 Å². The van der Waals surface area contributed by atoms with E-state index in [0.717, 1.165) is 18.5 Å². The molecule has 2 atom stereocenters. The number of anilines is 1. The summed E-state index contributed by atoms with van der Waals surface area (Å²) in [5, 5.41) is 11.8. The fourth-order valence-corrected chi connectivity index (χ4v) is 2.66. The van der Waals surface area contributed by atoms with Gasteiger partial charge in [-0.1, -0.05) is 13.0 Å². The highest BCUT2D eigenvalue weighted by molar-refractivity contribution is 5.94. The number of nitrogens with one attached hydrogen (secondary N) is 1. The Labute approximate surface area is 118 Å². The highest BCUT2D eigenvalue weighted by atomic mass is 16.4. The topological polar surface area (TPSA) is 69.6 Å². The van der Waals surface area contributed by atoms with Crippen LogP contribution in [-0.2, 0) is 0 Å². The summed E-state index contributed by atoms with van der Waals surface area (Å²) in [6, 6.07) is 4.79. The molecule has 1 heterocycles. The third-order valence-electron chi connectivity index (χ3n) is 3.77. The van der Waals surface area contributed by atoms with Crippen LogP contribution >= 0.6 is 0 Å². The molecule has 1 aliphatic rings. The Morgan fingerprint density at radius 3 is 2.60 bits per heavy atom. The van der Waals surface area contributed by atoms with Crippen LogP contribution < -0.4 is 5.32 Å². The monoisotopic (exact) mass is 276 g/mol. The van der Waals surface area contributed by atoms with Crippen molar-refractivity contribution in [3.8, 4) is 0 Å². The lowest BCUT2D eigenvalue weighted by Gasteiger charge is -2.22. The first-order valence-electron chi connectivity index (χ1n) is 6.80. The van der Waals surface area contributed by atoms with Gasteiger partial charge in [-0.15, -0.1) is 0 Å². The second-order valence-electron chi connectivity index (χ2n) is 5.61. The van der Waals surface area contributed by atoms with Crippen LogP contribution in [0.25, 0.3) is 0 Å². The van der Waals surface area contributed by atoms with E-state index < -0.39 is 5.97 Å². The summed E-state index contributed by atoms with van der Waals surface area (Å²) in [6.07, 6.45) is 1.00. The highest BCUT2D eigenvalue weighted by Crippen LogP contribution is 2.24. The molecule has 1 fully saturated rings. The van der Waals surface area contributed by atoms with Crippen LogP contribution in [0.5, 0.6) is 0 Å². The molecule has 1 aromatic carbocycles. The Morgan fingerprint density at radius 2 is 2.05 bits per heavy atom. The van der Waals surface area contributed by atoms with E-state index in [1.165, 1.54) is 12.1 Å². The molecule has 1 aromatic rings. The molecule has 0 radical (unpaired) electrons. The fraction of sp³-hybridized carbons (Fsp3) is 0.467. The van der Waals surface area contributed by atoms with Crippen molar-refractivity contribution in [3.05, 3.63) is 29.3 Å². The molecule has 0 bridgehead atoms. The van der Waals surface area contributed by atoms with Crippen molar-refractivity contribution in [1.82, 2.24) is 4.90 Å². The van der Waals surface area contributed by atoms with Crippen molar-refractivity contribution in [2.75, 3.05) is 11.9 Å². The van der Waals surface area contributed by atoms with E-state index in [4.69, 9.17) is 5.11 Å². The van der Waals surface area contributed by atoms with Gasteiger partial charge in [-0.25, -0.2) is 9.59 Å². The molecule has 0 spiro atoms. The number of carbonyl (C=O) groups is 2. The number of carboxylic acid groups (broad SMARTS) is 1. The van der Waals surface area contributed by atoms with Gasteiger partial charge in [-0.3, -0.25) is 0 Å². The van der Waals surface area contributed by atoms with Crippen LogP contribution in [0.15, 0.2) is 18.2 Å². The summed E-state index contributed by atoms with van der Waals surface area (Å²) in [6.45, 7) is 6.74. The minimum absolute atomic E-state index is 0.160. The minimum Gasteiger partial charge on any atom is -0.478 e. The quantitative estimate of drug-likeness (QED) is 0.872. The van der Waals surface area contributed by atoms with Gasteiger partial charge in [0.25, 0.3) is 0 Å². The second-order valence-corrected chi connectivity index (χ2v) is 5.61. The maximum absolute atomic E-state index is 12.3. The molecule has 5 heteroatoms.